The highest BCUT2D eigenvalue weighted by molar-refractivity contribution is 5.90. The lowest BCUT2D eigenvalue weighted by Crippen LogP contribution is -2.32. The topological polar surface area (TPSA) is 66.3 Å². The molecule has 102 valence electrons. The molecule has 0 saturated carbocycles. The highest BCUT2D eigenvalue weighted by atomic mass is 16.4. The van der Waals surface area contributed by atoms with Gasteiger partial charge in [0.15, 0.2) is 0 Å². The van der Waals surface area contributed by atoms with Gasteiger partial charge in [-0.1, -0.05) is 12.1 Å². The van der Waals surface area contributed by atoms with Gasteiger partial charge in [0.25, 0.3) is 0 Å². The molecule has 0 atom stereocenters. The summed E-state index contributed by atoms with van der Waals surface area (Å²) in [6.07, 6.45) is 2.57. The van der Waals surface area contributed by atoms with Crippen LogP contribution in [0, 0.1) is 6.92 Å². The lowest BCUT2D eigenvalue weighted by atomic mass is 9.95. The van der Waals surface area contributed by atoms with Crippen LogP contribution in [0.2, 0.25) is 0 Å². The molecule has 2 heterocycles. The van der Waals surface area contributed by atoms with Crippen LogP contribution >= 0.6 is 0 Å². The second kappa shape index (κ2) is 4.92. The molecule has 2 aromatic rings. The first-order valence-corrected chi connectivity index (χ1v) is 6.54. The molecule has 0 spiro atoms. The molecule has 1 aliphatic heterocycles. The Labute approximate surface area is 116 Å². The van der Waals surface area contributed by atoms with Crippen molar-refractivity contribution >= 4 is 11.8 Å². The van der Waals surface area contributed by atoms with E-state index in [0.717, 1.165) is 35.7 Å². The van der Waals surface area contributed by atoms with Crippen molar-refractivity contribution < 1.29 is 9.90 Å². The normalized spacial score (nSPS) is 13.9. The van der Waals surface area contributed by atoms with Gasteiger partial charge >= 0.3 is 5.97 Å². The summed E-state index contributed by atoms with van der Waals surface area (Å²) in [5.41, 5.74) is 2.40. The highest BCUT2D eigenvalue weighted by Crippen LogP contribution is 2.25. The van der Waals surface area contributed by atoms with Gasteiger partial charge in [-0.3, -0.25) is 0 Å². The standard InChI is InChI=1S/C15H15N3O2/c1-10-16-7-5-14(17-10)18-8-6-11-3-2-4-12(15(19)20)13(11)9-18/h2-5,7H,6,8-9H2,1H3,(H,19,20). The number of fused-ring (bicyclic) bond motifs is 1. The predicted molar refractivity (Wildman–Crippen MR) is 74.9 cm³/mol. The number of hydrogen-bond acceptors (Lipinski definition) is 4. The molecule has 0 aliphatic carbocycles. The number of aromatic carboxylic acids is 1. The predicted octanol–water partition coefficient (Wildman–Crippen LogP) is 2.05. The van der Waals surface area contributed by atoms with E-state index >= 15 is 0 Å². The summed E-state index contributed by atoms with van der Waals surface area (Å²) in [5, 5.41) is 9.30. The summed E-state index contributed by atoms with van der Waals surface area (Å²) in [4.78, 5) is 21.9. The molecule has 5 nitrogen and oxygen atoms in total. The Balaban J connectivity index is 1.97. The van der Waals surface area contributed by atoms with Crippen molar-refractivity contribution in [3.05, 3.63) is 53.0 Å². The van der Waals surface area contributed by atoms with Crippen LogP contribution in [-0.4, -0.2) is 27.6 Å². The summed E-state index contributed by atoms with van der Waals surface area (Å²) in [7, 11) is 0. The van der Waals surface area contributed by atoms with Crippen molar-refractivity contribution in [2.45, 2.75) is 19.9 Å². The number of hydrogen-bond donors (Lipinski definition) is 1. The Bertz CT molecular complexity index is 670. The van der Waals surface area contributed by atoms with Crippen molar-refractivity contribution in [2.75, 3.05) is 11.4 Å². The summed E-state index contributed by atoms with van der Waals surface area (Å²) in [6, 6.07) is 7.34. The van der Waals surface area contributed by atoms with Crippen molar-refractivity contribution in [2.24, 2.45) is 0 Å². The maximum Gasteiger partial charge on any atom is 0.336 e. The molecular formula is C15H15N3O2. The Morgan fingerprint density at radius 3 is 2.95 bits per heavy atom. The fraction of sp³-hybridized carbons (Fsp3) is 0.267. The zero-order valence-electron chi connectivity index (χ0n) is 11.2. The molecule has 5 heteroatoms. The molecular weight excluding hydrogens is 254 g/mol. The maximum absolute atomic E-state index is 11.3. The monoisotopic (exact) mass is 269 g/mol. The fourth-order valence-electron chi connectivity index (χ4n) is 2.60. The minimum Gasteiger partial charge on any atom is -0.478 e. The van der Waals surface area contributed by atoms with Crippen LogP contribution in [0.3, 0.4) is 0 Å². The second-order valence-electron chi connectivity index (χ2n) is 4.88. The molecule has 1 aromatic carbocycles. The first kappa shape index (κ1) is 12.6. The average Bonchev–Trinajstić information content (AvgIpc) is 2.46. The van der Waals surface area contributed by atoms with Crippen LogP contribution in [0.15, 0.2) is 30.5 Å². The zero-order chi connectivity index (χ0) is 14.1. The minimum absolute atomic E-state index is 0.387. The molecule has 0 radical (unpaired) electrons. The van der Waals surface area contributed by atoms with E-state index < -0.39 is 5.97 Å². The second-order valence-corrected chi connectivity index (χ2v) is 4.88. The number of carboxylic acids is 1. The van der Waals surface area contributed by atoms with Gasteiger partial charge in [0, 0.05) is 19.3 Å². The zero-order valence-corrected chi connectivity index (χ0v) is 11.2. The Morgan fingerprint density at radius 1 is 1.35 bits per heavy atom. The number of anilines is 1. The fourth-order valence-corrected chi connectivity index (χ4v) is 2.60. The van der Waals surface area contributed by atoms with Crippen LogP contribution in [0.25, 0.3) is 0 Å². The van der Waals surface area contributed by atoms with E-state index in [1.165, 1.54) is 0 Å². The number of carboxylic acid groups (broad SMARTS) is 1. The molecule has 0 saturated heterocycles. The van der Waals surface area contributed by atoms with Gasteiger partial charge in [-0.15, -0.1) is 0 Å². The van der Waals surface area contributed by atoms with Crippen LogP contribution in [0.1, 0.15) is 27.3 Å². The number of nitrogens with zero attached hydrogens (tertiary/aromatic N) is 3. The molecule has 0 bridgehead atoms. The Morgan fingerprint density at radius 2 is 2.20 bits per heavy atom. The van der Waals surface area contributed by atoms with E-state index in [0.29, 0.717) is 12.1 Å². The summed E-state index contributed by atoms with van der Waals surface area (Å²) in [5.74, 6) is 0.700. The summed E-state index contributed by atoms with van der Waals surface area (Å²) >= 11 is 0. The molecule has 1 aliphatic rings. The number of aromatic nitrogens is 2. The first-order chi connectivity index (χ1) is 9.65. The van der Waals surface area contributed by atoms with Gasteiger partial charge in [-0.25, -0.2) is 14.8 Å². The van der Waals surface area contributed by atoms with Crippen molar-refractivity contribution in [3.8, 4) is 0 Å². The van der Waals surface area contributed by atoms with E-state index in [2.05, 4.69) is 14.9 Å². The van der Waals surface area contributed by atoms with E-state index in [-0.39, 0.29) is 0 Å². The van der Waals surface area contributed by atoms with Crippen molar-refractivity contribution in [1.29, 1.82) is 0 Å². The van der Waals surface area contributed by atoms with Gasteiger partial charge < -0.3 is 10.0 Å². The third kappa shape index (κ3) is 2.22. The van der Waals surface area contributed by atoms with Crippen LogP contribution in [0.4, 0.5) is 5.82 Å². The van der Waals surface area contributed by atoms with Gasteiger partial charge in [-0.05, 0) is 36.6 Å². The summed E-state index contributed by atoms with van der Waals surface area (Å²) < 4.78 is 0. The smallest absolute Gasteiger partial charge is 0.336 e. The molecule has 0 fully saturated rings. The van der Waals surface area contributed by atoms with Crippen molar-refractivity contribution in [3.63, 3.8) is 0 Å². The molecule has 3 rings (SSSR count). The van der Waals surface area contributed by atoms with Crippen LogP contribution in [0.5, 0.6) is 0 Å². The molecule has 1 aromatic heterocycles. The average molecular weight is 269 g/mol. The number of carbonyl (C=O) groups is 1. The quantitative estimate of drug-likeness (QED) is 0.903. The number of rotatable bonds is 2. The Kier molecular flexibility index (Phi) is 3.10. The van der Waals surface area contributed by atoms with Crippen LogP contribution in [-0.2, 0) is 13.0 Å². The first-order valence-electron chi connectivity index (χ1n) is 6.54. The van der Waals surface area contributed by atoms with Gasteiger partial charge in [0.05, 0.1) is 5.56 Å². The van der Waals surface area contributed by atoms with E-state index in [1.807, 2.05) is 25.1 Å². The van der Waals surface area contributed by atoms with Crippen molar-refractivity contribution in [1.82, 2.24) is 9.97 Å². The maximum atomic E-state index is 11.3. The molecule has 20 heavy (non-hydrogen) atoms. The molecule has 0 unspecified atom stereocenters. The molecule has 1 N–H and O–H groups in total. The van der Waals surface area contributed by atoms with Gasteiger partial charge in [0.2, 0.25) is 0 Å². The third-order valence-corrected chi connectivity index (χ3v) is 3.59. The SMILES string of the molecule is Cc1nccc(N2CCc3cccc(C(=O)O)c3C2)n1. The lowest BCUT2D eigenvalue weighted by Gasteiger charge is -2.30. The highest BCUT2D eigenvalue weighted by Gasteiger charge is 2.22. The number of aryl methyl sites for hydroxylation is 1. The summed E-state index contributed by atoms with van der Waals surface area (Å²) in [6.45, 7) is 3.27. The van der Waals surface area contributed by atoms with E-state index in [9.17, 15) is 9.90 Å². The molecule has 0 amide bonds. The van der Waals surface area contributed by atoms with E-state index in [1.54, 1.807) is 12.3 Å². The number of benzene rings is 1. The largest absolute Gasteiger partial charge is 0.478 e. The Hall–Kier alpha value is -2.43. The minimum atomic E-state index is -0.873. The van der Waals surface area contributed by atoms with E-state index in [4.69, 9.17) is 0 Å². The lowest BCUT2D eigenvalue weighted by molar-refractivity contribution is 0.0695. The van der Waals surface area contributed by atoms with Crippen LogP contribution < -0.4 is 4.90 Å². The van der Waals surface area contributed by atoms with Gasteiger partial charge in [-0.2, -0.15) is 0 Å². The van der Waals surface area contributed by atoms with Gasteiger partial charge in [0.1, 0.15) is 11.6 Å². The third-order valence-electron chi connectivity index (χ3n) is 3.59.